The van der Waals surface area contributed by atoms with E-state index in [2.05, 4.69) is 0 Å². The van der Waals surface area contributed by atoms with Gasteiger partial charge < -0.3 is 18.9 Å². The summed E-state index contributed by atoms with van der Waals surface area (Å²) < 4.78 is 23.7. The Kier molecular flexibility index (Phi) is 6.02. The van der Waals surface area contributed by atoms with Crippen molar-refractivity contribution in [3.8, 4) is 0 Å². The quantitative estimate of drug-likeness (QED) is 0.627. The van der Waals surface area contributed by atoms with Crippen molar-refractivity contribution in [2.24, 2.45) is 0 Å². The Hall–Kier alpha value is -0.300. The Morgan fingerprint density at radius 2 is 1.09 bits per heavy atom. The Morgan fingerprint density at radius 1 is 0.636 bits per heavy atom. The predicted octanol–water partition coefficient (Wildman–Crippen LogP) is 3.34. The summed E-state index contributed by atoms with van der Waals surface area (Å²) in [6.07, 6.45) is 7.47. The second kappa shape index (κ2) is 7.99. The van der Waals surface area contributed by atoms with Crippen molar-refractivity contribution in [2.45, 2.75) is 75.8 Å². The molecule has 0 aliphatic carbocycles. The molecule has 3 fully saturated rings. The number of ether oxygens (including phenoxy) is 4. The van der Waals surface area contributed by atoms with E-state index in [1.807, 2.05) is 0 Å². The van der Waals surface area contributed by atoms with Crippen molar-refractivity contribution >= 4 is 34.5 Å². The van der Waals surface area contributed by atoms with Gasteiger partial charge in [-0.3, -0.25) is 0 Å². The van der Waals surface area contributed by atoms with Crippen LogP contribution in [0.3, 0.4) is 0 Å². The van der Waals surface area contributed by atoms with E-state index in [9.17, 15) is 0 Å². The summed E-state index contributed by atoms with van der Waals surface area (Å²) in [5.74, 6) is 0. The van der Waals surface area contributed by atoms with Gasteiger partial charge in [-0.25, -0.2) is 0 Å². The van der Waals surface area contributed by atoms with Crippen molar-refractivity contribution in [2.75, 3.05) is 13.2 Å². The first-order chi connectivity index (χ1) is 10.7. The predicted molar refractivity (Wildman–Crippen MR) is 91.4 cm³/mol. The van der Waals surface area contributed by atoms with Gasteiger partial charge in [0.25, 0.3) is 0 Å². The molecule has 3 aliphatic heterocycles. The maximum Gasteiger partial charge on any atom is 0.160 e. The van der Waals surface area contributed by atoms with Gasteiger partial charge in [0.1, 0.15) is 12.2 Å². The maximum atomic E-state index is 6.01. The summed E-state index contributed by atoms with van der Waals surface area (Å²) >= 11 is 10.8. The minimum Gasteiger partial charge on any atom is -0.481 e. The van der Waals surface area contributed by atoms with Crippen molar-refractivity contribution in [3.63, 3.8) is 0 Å². The molecule has 0 bridgehead atoms. The van der Waals surface area contributed by atoms with Gasteiger partial charge in [0.2, 0.25) is 0 Å². The molecule has 3 rings (SSSR count). The first-order valence-corrected chi connectivity index (χ1v) is 9.16. The number of hydrogen-bond donors (Lipinski definition) is 0. The summed E-state index contributed by atoms with van der Waals surface area (Å²) in [5.41, 5.74) is 0. The Balaban J connectivity index is 1.67. The molecule has 0 aromatic rings. The molecule has 3 aliphatic rings. The van der Waals surface area contributed by atoms with Crippen LogP contribution < -0.4 is 0 Å². The van der Waals surface area contributed by atoms with Crippen molar-refractivity contribution in [3.05, 3.63) is 0 Å². The molecule has 124 valence electrons. The van der Waals surface area contributed by atoms with Gasteiger partial charge in [-0.15, -0.1) is 0 Å². The van der Waals surface area contributed by atoms with E-state index >= 15 is 0 Å². The van der Waals surface area contributed by atoms with Gasteiger partial charge in [0.05, 0.1) is 12.2 Å². The molecule has 6 heteroatoms. The van der Waals surface area contributed by atoms with E-state index in [0.29, 0.717) is 10.1 Å². The molecule has 0 saturated carbocycles. The Labute approximate surface area is 142 Å². The minimum absolute atomic E-state index is 0.0616. The molecule has 0 aromatic carbocycles. The van der Waals surface area contributed by atoms with Crippen LogP contribution in [0.2, 0.25) is 0 Å². The second-order valence-corrected chi connectivity index (χ2v) is 7.15. The zero-order valence-electron chi connectivity index (χ0n) is 12.8. The summed E-state index contributed by atoms with van der Waals surface area (Å²) in [4.78, 5) is 0. The van der Waals surface area contributed by atoms with Gasteiger partial charge in [-0.1, -0.05) is 0 Å². The van der Waals surface area contributed by atoms with Crippen LogP contribution in [0.15, 0.2) is 0 Å². The minimum atomic E-state index is 0.0616. The van der Waals surface area contributed by atoms with Crippen LogP contribution in [0.1, 0.15) is 51.4 Å². The Bertz CT molecular complexity index is 377. The molecule has 0 radical (unpaired) electrons. The number of fused-ring (bicyclic) bond motifs is 2. The average Bonchev–Trinajstić information content (AvgIpc) is 2.52. The third-order valence-electron chi connectivity index (χ3n) is 4.59. The SMILES string of the molecule is S=C1CC[C@@H]2OCCC[C@H]2OC(=S)CC[C@H]2OCCC[C@@H]2O1. The third kappa shape index (κ3) is 4.37. The molecule has 4 nitrogen and oxygen atoms in total. The molecule has 0 spiro atoms. The summed E-state index contributed by atoms with van der Waals surface area (Å²) in [5, 5.41) is 1.35. The average molecular weight is 344 g/mol. The van der Waals surface area contributed by atoms with Gasteiger partial charge >= 0.3 is 0 Å². The number of hydrogen-bond acceptors (Lipinski definition) is 6. The summed E-state index contributed by atoms with van der Waals surface area (Å²) in [6, 6.07) is 0. The van der Waals surface area contributed by atoms with Gasteiger partial charge in [-0.2, -0.15) is 0 Å². The lowest BCUT2D eigenvalue weighted by Crippen LogP contribution is -2.41. The van der Waals surface area contributed by atoms with E-state index in [1.165, 1.54) is 0 Å². The number of rotatable bonds is 0. The molecule has 0 amide bonds. The molecule has 4 atom stereocenters. The maximum absolute atomic E-state index is 6.01. The van der Waals surface area contributed by atoms with E-state index in [1.54, 1.807) is 0 Å². The molecular formula is C16H24O4S2. The van der Waals surface area contributed by atoms with Crippen LogP contribution in [0.4, 0.5) is 0 Å². The third-order valence-corrected chi connectivity index (χ3v) is 5.19. The highest BCUT2D eigenvalue weighted by molar-refractivity contribution is 7.80. The van der Waals surface area contributed by atoms with Gasteiger partial charge in [-0.05, 0) is 63.0 Å². The summed E-state index contributed by atoms with van der Waals surface area (Å²) in [6.45, 7) is 1.59. The molecule has 0 N–H and O–H groups in total. The lowest BCUT2D eigenvalue weighted by atomic mass is 9.99. The Morgan fingerprint density at radius 3 is 1.55 bits per heavy atom. The summed E-state index contributed by atoms with van der Waals surface area (Å²) in [7, 11) is 0. The normalized spacial score (nSPS) is 37.6. The molecule has 3 heterocycles. The fourth-order valence-corrected chi connectivity index (χ4v) is 3.89. The van der Waals surface area contributed by atoms with Crippen LogP contribution >= 0.6 is 24.4 Å². The first-order valence-electron chi connectivity index (χ1n) is 8.34. The fraction of sp³-hybridized carbons (Fsp3) is 0.875. The monoisotopic (exact) mass is 344 g/mol. The van der Waals surface area contributed by atoms with Crippen LogP contribution in [-0.2, 0) is 18.9 Å². The highest BCUT2D eigenvalue weighted by atomic mass is 32.1. The highest BCUT2D eigenvalue weighted by Crippen LogP contribution is 2.27. The van der Waals surface area contributed by atoms with Crippen LogP contribution in [0.25, 0.3) is 0 Å². The van der Waals surface area contributed by atoms with E-state index in [0.717, 1.165) is 64.6 Å². The van der Waals surface area contributed by atoms with Crippen LogP contribution in [0.5, 0.6) is 0 Å². The highest BCUT2D eigenvalue weighted by Gasteiger charge is 2.32. The molecule has 0 aromatic heterocycles. The lowest BCUT2D eigenvalue weighted by molar-refractivity contribution is -0.0812. The number of thiocarbonyl (C=S) groups is 2. The standard InChI is InChI=1S/C16H24O4S2/c21-15-8-6-12-14(4-2-10-18-12)20-16(22)7-5-11-13(19-15)3-1-9-17-11/h11-14H,1-10H2/t11-,12+,13+,14-. The smallest absolute Gasteiger partial charge is 0.160 e. The fourth-order valence-electron chi connectivity index (χ4n) is 3.41. The largest absolute Gasteiger partial charge is 0.481 e. The van der Waals surface area contributed by atoms with E-state index in [-0.39, 0.29) is 24.4 Å². The lowest BCUT2D eigenvalue weighted by Gasteiger charge is -2.35. The zero-order valence-corrected chi connectivity index (χ0v) is 14.5. The van der Waals surface area contributed by atoms with Crippen molar-refractivity contribution < 1.29 is 18.9 Å². The van der Waals surface area contributed by atoms with Crippen LogP contribution in [-0.4, -0.2) is 47.7 Å². The molecule has 22 heavy (non-hydrogen) atoms. The van der Waals surface area contributed by atoms with E-state index in [4.69, 9.17) is 43.4 Å². The molecule has 0 unspecified atom stereocenters. The van der Waals surface area contributed by atoms with Gasteiger partial charge in [0, 0.05) is 26.1 Å². The van der Waals surface area contributed by atoms with Gasteiger partial charge in [0.15, 0.2) is 10.1 Å². The van der Waals surface area contributed by atoms with Crippen LogP contribution in [0, 0.1) is 0 Å². The molecular weight excluding hydrogens is 320 g/mol. The molecule has 3 saturated heterocycles. The van der Waals surface area contributed by atoms with E-state index < -0.39 is 0 Å². The second-order valence-electron chi connectivity index (χ2n) is 6.24. The zero-order chi connectivity index (χ0) is 15.4. The first kappa shape index (κ1) is 16.6. The van der Waals surface area contributed by atoms with Crippen molar-refractivity contribution in [1.29, 1.82) is 0 Å². The van der Waals surface area contributed by atoms with Crippen molar-refractivity contribution in [1.82, 2.24) is 0 Å². The topological polar surface area (TPSA) is 36.9 Å².